The maximum atomic E-state index is 12.6. The molecule has 5 nitrogen and oxygen atoms in total. The van der Waals surface area contributed by atoms with Gasteiger partial charge in [-0.2, -0.15) is 14.0 Å². The number of rotatable bonds is 5. The molecule has 0 radical (unpaired) electrons. The van der Waals surface area contributed by atoms with Crippen LogP contribution in [0.3, 0.4) is 0 Å². The van der Waals surface area contributed by atoms with Crippen LogP contribution in [0.4, 0.5) is 23.2 Å². The van der Waals surface area contributed by atoms with Crippen LogP contribution in [0.1, 0.15) is 5.56 Å². The van der Waals surface area contributed by atoms with Gasteiger partial charge in [0, 0.05) is 12.1 Å². The Hall–Kier alpha value is -2.37. The second-order valence-electron chi connectivity index (χ2n) is 3.40. The molecule has 0 bridgehead atoms. The molecule has 0 aliphatic carbocycles. The normalized spacial score (nSPS) is 11.2. The van der Waals surface area contributed by atoms with Crippen LogP contribution in [-0.4, -0.2) is 23.9 Å². The second kappa shape index (κ2) is 5.51. The smallest absolute Gasteiger partial charge is 0.340 e. The summed E-state index contributed by atoms with van der Waals surface area (Å²) in [7, 11) is 0. The molecule has 102 valence electrons. The van der Waals surface area contributed by atoms with Gasteiger partial charge < -0.3 is 4.74 Å². The molecule has 0 aliphatic rings. The quantitative estimate of drug-likeness (QED) is 0.471. The number of halogens is 4. The molecule has 0 N–H and O–H groups in total. The largest absolute Gasteiger partial charge is 0.487 e. The van der Waals surface area contributed by atoms with Crippen molar-refractivity contribution in [3.8, 4) is 11.8 Å². The van der Waals surface area contributed by atoms with E-state index in [2.05, 4.69) is 4.74 Å². The van der Waals surface area contributed by atoms with Gasteiger partial charge in [0.25, 0.3) is 5.69 Å². The Bertz CT molecular complexity index is 528. The minimum Gasteiger partial charge on any atom is -0.487 e. The Morgan fingerprint density at radius 1 is 1.47 bits per heavy atom. The Morgan fingerprint density at radius 3 is 2.58 bits per heavy atom. The van der Waals surface area contributed by atoms with Gasteiger partial charge >= 0.3 is 12.3 Å². The first-order valence-electron chi connectivity index (χ1n) is 4.75. The lowest BCUT2D eigenvalue weighted by atomic mass is 10.2. The van der Waals surface area contributed by atoms with Crippen molar-refractivity contribution < 1.29 is 27.2 Å². The number of nitriles is 1. The molecule has 19 heavy (non-hydrogen) atoms. The molecule has 0 aliphatic heterocycles. The van der Waals surface area contributed by atoms with Crippen LogP contribution >= 0.6 is 0 Å². The van der Waals surface area contributed by atoms with E-state index in [0.717, 1.165) is 18.2 Å². The molecule has 1 rings (SSSR count). The van der Waals surface area contributed by atoms with Crippen molar-refractivity contribution >= 4 is 5.69 Å². The summed E-state index contributed by atoms with van der Waals surface area (Å²) in [6.07, 6.45) is -3.89. The number of hydrogen-bond acceptors (Lipinski definition) is 4. The maximum Gasteiger partial charge on any atom is 0.340 e. The third-order valence-corrected chi connectivity index (χ3v) is 2.04. The topological polar surface area (TPSA) is 76.2 Å². The van der Waals surface area contributed by atoms with Crippen molar-refractivity contribution in [3.05, 3.63) is 33.9 Å². The number of ether oxygens (including phenoxy) is 1. The highest BCUT2D eigenvalue weighted by atomic mass is 19.3. The molecule has 9 heteroatoms. The number of nitrogens with zero attached hydrogens (tertiary/aromatic N) is 2. The first-order valence-corrected chi connectivity index (χ1v) is 4.75. The predicted molar refractivity (Wildman–Crippen MR) is 54.3 cm³/mol. The molecular formula is C10H6F4N2O3. The van der Waals surface area contributed by atoms with Gasteiger partial charge in [-0.05, 0) is 6.07 Å². The monoisotopic (exact) mass is 278 g/mol. The van der Waals surface area contributed by atoms with Crippen molar-refractivity contribution in [2.24, 2.45) is 0 Å². The molecular weight excluding hydrogens is 272 g/mol. The summed E-state index contributed by atoms with van der Waals surface area (Å²) in [5.41, 5.74) is -0.946. The van der Waals surface area contributed by atoms with Gasteiger partial charge in [0.2, 0.25) is 0 Å². The zero-order valence-electron chi connectivity index (χ0n) is 9.15. The van der Waals surface area contributed by atoms with E-state index < -0.39 is 35.1 Å². The van der Waals surface area contributed by atoms with Crippen LogP contribution < -0.4 is 4.74 Å². The van der Waals surface area contributed by atoms with Crippen molar-refractivity contribution in [3.63, 3.8) is 0 Å². The van der Waals surface area contributed by atoms with E-state index in [1.165, 1.54) is 6.07 Å². The first-order chi connectivity index (χ1) is 8.77. The number of alkyl halides is 4. The van der Waals surface area contributed by atoms with Gasteiger partial charge in [-0.25, -0.2) is 8.78 Å². The molecule has 0 saturated heterocycles. The number of benzene rings is 1. The van der Waals surface area contributed by atoms with E-state index in [0.29, 0.717) is 0 Å². The molecule has 0 heterocycles. The van der Waals surface area contributed by atoms with Gasteiger partial charge in [0.15, 0.2) is 6.61 Å². The maximum absolute atomic E-state index is 12.6. The summed E-state index contributed by atoms with van der Waals surface area (Å²) >= 11 is 0. The fourth-order valence-electron chi connectivity index (χ4n) is 1.10. The highest BCUT2D eigenvalue weighted by Gasteiger charge is 2.41. The molecule has 0 saturated carbocycles. The molecule has 1 aromatic rings. The highest BCUT2D eigenvalue weighted by molar-refractivity contribution is 5.52. The summed E-state index contributed by atoms with van der Waals surface area (Å²) in [6, 6.07) is 4.13. The van der Waals surface area contributed by atoms with Crippen LogP contribution in [0.25, 0.3) is 0 Å². The molecule has 0 spiro atoms. The highest BCUT2D eigenvalue weighted by Crippen LogP contribution is 2.27. The lowest BCUT2D eigenvalue weighted by Gasteiger charge is -2.15. The second-order valence-corrected chi connectivity index (χ2v) is 3.40. The lowest BCUT2D eigenvalue weighted by molar-refractivity contribution is -0.385. The third-order valence-electron chi connectivity index (χ3n) is 2.04. The Kier molecular flexibility index (Phi) is 4.26. The zero-order chi connectivity index (χ0) is 14.6. The van der Waals surface area contributed by atoms with Gasteiger partial charge in [-0.15, -0.1) is 0 Å². The van der Waals surface area contributed by atoms with Gasteiger partial charge in [0.05, 0.1) is 4.92 Å². The van der Waals surface area contributed by atoms with E-state index in [1.54, 1.807) is 0 Å². The molecule has 0 fully saturated rings. The minimum absolute atomic E-state index is 0.331. The van der Waals surface area contributed by atoms with E-state index >= 15 is 0 Å². The van der Waals surface area contributed by atoms with E-state index in [9.17, 15) is 27.7 Å². The average molecular weight is 278 g/mol. The lowest BCUT2D eigenvalue weighted by Crippen LogP contribution is -2.33. The van der Waals surface area contributed by atoms with E-state index in [4.69, 9.17) is 5.26 Å². The molecule has 0 amide bonds. The molecule has 0 unspecified atom stereocenters. The van der Waals surface area contributed by atoms with Crippen molar-refractivity contribution in [1.82, 2.24) is 0 Å². The van der Waals surface area contributed by atoms with Gasteiger partial charge in [-0.1, -0.05) is 0 Å². The number of hydrogen-bond donors (Lipinski definition) is 0. The Morgan fingerprint density at radius 2 is 2.11 bits per heavy atom. The van der Waals surface area contributed by atoms with E-state index in [1.807, 2.05) is 0 Å². The molecule has 1 aromatic carbocycles. The fourth-order valence-corrected chi connectivity index (χ4v) is 1.10. The van der Waals surface area contributed by atoms with E-state index in [-0.39, 0.29) is 5.75 Å². The standard InChI is InChI=1S/C10H6F4N2O3/c11-9(12)10(13,14)5-19-7-1-2-8(16(17)18)6(3-7)4-15/h1-3,9H,5H2. The third kappa shape index (κ3) is 3.54. The molecule has 0 aromatic heterocycles. The molecule has 0 atom stereocenters. The van der Waals surface area contributed by atoms with Crippen LogP contribution in [0.2, 0.25) is 0 Å². The summed E-state index contributed by atoms with van der Waals surface area (Å²) in [5.74, 6) is -4.67. The summed E-state index contributed by atoms with van der Waals surface area (Å²) in [6.45, 7) is -1.59. The first kappa shape index (κ1) is 14.7. The number of nitro groups is 1. The van der Waals surface area contributed by atoms with Gasteiger partial charge in [-0.3, -0.25) is 10.1 Å². The van der Waals surface area contributed by atoms with Crippen LogP contribution in [0.15, 0.2) is 18.2 Å². The minimum atomic E-state index is -4.34. The van der Waals surface area contributed by atoms with Crippen molar-refractivity contribution in [1.29, 1.82) is 5.26 Å². The van der Waals surface area contributed by atoms with Crippen molar-refractivity contribution in [2.45, 2.75) is 12.3 Å². The SMILES string of the molecule is N#Cc1cc(OCC(F)(F)C(F)F)ccc1[N+](=O)[O-]. The van der Waals surface area contributed by atoms with Crippen LogP contribution in [-0.2, 0) is 0 Å². The van der Waals surface area contributed by atoms with Gasteiger partial charge in [0.1, 0.15) is 17.4 Å². The predicted octanol–water partition coefficient (Wildman–Crippen LogP) is 2.75. The summed E-state index contributed by atoms with van der Waals surface area (Å²) < 4.78 is 53.3. The number of nitro benzene ring substituents is 1. The Labute approximate surface area is 104 Å². The average Bonchev–Trinajstić information content (AvgIpc) is 2.35. The van der Waals surface area contributed by atoms with Crippen LogP contribution in [0.5, 0.6) is 5.75 Å². The summed E-state index contributed by atoms with van der Waals surface area (Å²) in [4.78, 5) is 9.66. The fraction of sp³-hybridized carbons (Fsp3) is 0.300. The van der Waals surface area contributed by atoms with Crippen LogP contribution in [0, 0.1) is 21.4 Å². The van der Waals surface area contributed by atoms with Crippen molar-refractivity contribution in [2.75, 3.05) is 6.61 Å². The summed E-state index contributed by atoms with van der Waals surface area (Å²) in [5, 5.41) is 19.1. The zero-order valence-corrected chi connectivity index (χ0v) is 9.15. The Balaban J connectivity index is 2.88.